The lowest BCUT2D eigenvalue weighted by atomic mass is 9.89. The Labute approximate surface area is 382 Å². The largest absolute Gasteiger partial charge is 0.404 e. The van der Waals surface area contributed by atoms with Crippen LogP contribution in [0, 0.1) is 24.7 Å². The number of urea groups is 1. The molecule has 1 aliphatic rings. The Balaban J connectivity index is 1.05. The van der Waals surface area contributed by atoms with Crippen molar-refractivity contribution in [3.05, 3.63) is 101 Å². The molecule has 7 amide bonds. The van der Waals surface area contributed by atoms with E-state index < -0.39 is 18.0 Å². The van der Waals surface area contributed by atoms with Gasteiger partial charge in [-0.2, -0.15) is 0 Å². The number of carbonyl (C=O) groups is 7. The van der Waals surface area contributed by atoms with Gasteiger partial charge in [-0.25, -0.2) is 13.8 Å². The number of carbonyl (C=O) groups excluding carboxylic acids is 7. The fraction of sp³-hybridized carbons (Fsp3) is 0.396. The summed E-state index contributed by atoms with van der Waals surface area (Å²) in [6.07, 6.45) is 8.54. The van der Waals surface area contributed by atoms with Crippen LogP contribution in [0.3, 0.4) is 0 Å². The summed E-state index contributed by atoms with van der Waals surface area (Å²) in [5.74, 6) is -1.97. The van der Waals surface area contributed by atoms with Gasteiger partial charge in [-0.1, -0.05) is 62.5 Å². The van der Waals surface area contributed by atoms with Gasteiger partial charge in [-0.3, -0.25) is 33.7 Å². The Kier molecular flexibility index (Phi) is 16.3. The predicted octanol–water partition coefficient (Wildman–Crippen LogP) is 6.02. The summed E-state index contributed by atoms with van der Waals surface area (Å²) in [4.78, 5) is 95.8. The smallest absolute Gasteiger partial charge is 0.352 e. The molecule has 1 saturated heterocycles. The minimum Gasteiger partial charge on any atom is -0.352 e. The number of Topliss-reactive ketones (excluding diaryl/α,β-unsaturated/α-hetero) is 1. The van der Waals surface area contributed by atoms with Crippen molar-refractivity contribution in [2.75, 3.05) is 23.7 Å². The molecule has 16 nitrogen and oxygen atoms in total. The summed E-state index contributed by atoms with van der Waals surface area (Å²) >= 11 is 1.38. The van der Waals surface area contributed by atoms with Crippen molar-refractivity contribution >= 4 is 69.8 Å². The van der Waals surface area contributed by atoms with Crippen LogP contribution in [0.4, 0.5) is 16.2 Å². The number of imidazole rings is 1. The molecule has 0 aliphatic carbocycles. The third kappa shape index (κ3) is 12.9. The van der Waals surface area contributed by atoms with E-state index in [1.54, 1.807) is 25.1 Å². The third-order valence-electron chi connectivity index (χ3n) is 11.5. The number of anilines is 2. The molecule has 0 saturated carbocycles. The van der Waals surface area contributed by atoms with Gasteiger partial charge in [-0.05, 0) is 79.3 Å². The van der Waals surface area contributed by atoms with Gasteiger partial charge in [0.25, 0.3) is 5.91 Å². The van der Waals surface area contributed by atoms with Crippen molar-refractivity contribution < 1.29 is 38.1 Å². The van der Waals surface area contributed by atoms with Crippen molar-refractivity contribution in [3.63, 3.8) is 0 Å². The lowest BCUT2D eigenvalue weighted by Gasteiger charge is -2.24. The topological polar surface area (TPSA) is 218 Å². The van der Waals surface area contributed by atoms with E-state index in [9.17, 15) is 33.6 Å². The molecular formula is C48H58N9O7S+. The minimum absolute atomic E-state index is 0.124. The molecule has 4 heterocycles. The minimum atomic E-state index is -0.811. The first-order valence-corrected chi connectivity index (χ1v) is 23.0. The molecule has 2 aromatic carbocycles. The number of amides is 7. The third-order valence-corrected chi connectivity index (χ3v) is 12.4. The van der Waals surface area contributed by atoms with Crippen LogP contribution in [0.25, 0.3) is 17.0 Å². The quantitative estimate of drug-likeness (QED) is 0.0314. The van der Waals surface area contributed by atoms with Crippen LogP contribution in [0.1, 0.15) is 92.9 Å². The average Bonchev–Trinajstić information content (AvgIpc) is 4.03. The Bertz CT molecular complexity index is 2520. The number of nitrogens with one attached hydrogen (secondary N) is 4. The maximum absolute atomic E-state index is 13.8. The monoisotopic (exact) mass is 904 g/mol. The second-order valence-corrected chi connectivity index (χ2v) is 17.9. The summed E-state index contributed by atoms with van der Waals surface area (Å²) in [6.45, 7) is 8.41. The van der Waals surface area contributed by atoms with E-state index >= 15 is 0 Å². The van der Waals surface area contributed by atoms with Gasteiger partial charge < -0.3 is 27.0 Å². The van der Waals surface area contributed by atoms with Crippen molar-refractivity contribution in [2.24, 2.45) is 23.5 Å². The molecule has 3 aromatic heterocycles. The molecular weight excluding hydrogens is 847 g/mol. The number of aryl methyl sites for hydroxylation is 1. The second kappa shape index (κ2) is 22.2. The van der Waals surface area contributed by atoms with Gasteiger partial charge in [-0.15, -0.1) is 11.3 Å². The van der Waals surface area contributed by atoms with E-state index in [-0.39, 0.29) is 79.4 Å². The van der Waals surface area contributed by atoms with Crippen LogP contribution in [0.2, 0.25) is 0 Å². The first kappa shape index (κ1) is 47.7. The summed E-state index contributed by atoms with van der Waals surface area (Å²) in [7, 11) is 0. The zero-order valence-corrected chi connectivity index (χ0v) is 38.1. The lowest BCUT2D eigenvalue weighted by molar-refractivity contribution is -0.667. The van der Waals surface area contributed by atoms with Crippen molar-refractivity contribution in [2.45, 2.75) is 91.6 Å². The first-order valence-electron chi connectivity index (χ1n) is 22.1. The fourth-order valence-corrected chi connectivity index (χ4v) is 8.47. The van der Waals surface area contributed by atoms with Crippen molar-refractivity contribution in [1.29, 1.82) is 0 Å². The Morgan fingerprint density at radius 2 is 1.75 bits per heavy atom. The van der Waals surface area contributed by atoms with E-state index in [4.69, 9.17) is 10.7 Å². The van der Waals surface area contributed by atoms with E-state index in [0.717, 1.165) is 22.4 Å². The number of rotatable bonds is 22. The number of unbranched alkanes of at least 4 members (excludes halogenated alkanes) is 2. The van der Waals surface area contributed by atoms with Crippen LogP contribution in [0.15, 0.2) is 84.6 Å². The zero-order chi connectivity index (χ0) is 46.6. The molecule has 65 heavy (non-hydrogen) atoms. The van der Waals surface area contributed by atoms with E-state index in [1.807, 2.05) is 96.2 Å². The number of nitrogens with zero attached hydrogens (tertiary/aromatic N) is 4. The summed E-state index contributed by atoms with van der Waals surface area (Å²) in [5, 5.41) is 13.3. The summed E-state index contributed by atoms with van der Waals surface area (Å²) in [6, 6.07) is 17.4. The number of hydrogen-bond acceptors (Lipinski definition) is 9. The molecule has 0 spiro atoms. The van der Waals surface area contributed by atoms with Crippen LogP contribution in [-0.2, 0) is 30.5 Å². The number of aromatic nitrogens is 3. The van der Waals surface area contributed by atoms with Crippen molar-refractivity contribution in [1.82, 2.24) is 24.9 Å². The molecule has 17 heteroatoms. The molecule has 0 bridgehead atoms. The number of benzene rings is 2. The molecule has 1 fully saturated rings. The van der Waals surface area contributed by atoms with Gasteiger partial charge in [0.15, 0.2) is 11.5 Å². The van der Waals surface area contributed by atoms with Gasteiger partial charge in [0, 0.05) is 67.2 Å². The van der Waals surface area contributed by atoms with Crippen LogP contribution in [-0.4, -0.2) is 74.8 Å². The standard InChI is InChI=1S/C48H57N9O7S/c1-30(2)43(54-41(59)13-6-5-7-23-57-42(60)25-32(4)46(57)63)39(58)27-35(11-8-20-50-47(49)64)44(61)51-36-18-15-33(16-19-36)28-55-21-10-22-56-29-38(53-48(55)56)34-17-14-31(3)37(26-34)52-45(62)40-12-9-24-65-40/h9-10,12,14-19,21-22,24,26,29-30,32,35,43H,5-8,11,13,20,23,25,27-28H2,1-4H3,(H5-,49,50,51,52,54,59,61,62,64)/p+1/t32?,35-,43+/m1/s1. The molecule has 5 aromatic rings. The Morgan fingerprint density at radius 1 is 0.969 bits per heavy atom. The van der Waals surface area contributed by atoms with E-state index in [1.165, 1.54) is 16.2 Å². The number of fused-ring (bicyclic) bond motifs is 1. The number of hydrogen-bond donors (Lipinski definition) is 5. The molecule has 1 unspecified atom stereocenters. The van der Waals surface area contributed by atoms with E-state index in [0.29, 0.717) is 60.8 Å². The highest BCUT2D eigenvalue weighted by Gasteiger charge is 2.35. The van der Waals surface area contributed by atoms with Gasteiger partial charge in [0.2, 0.25) is 23.6 Å². The SMILES string of the molecule is Cc1ccc(-c2cn3ccc[n+](Cc4ccc(NC(=O)[C@H](CCCNC(N)=O)CC(=O)[C@@H](NC(=O)CCCCCN5C(=O)CC(C)C5=O)C(C)C)cc4)c3n2)cc1NC(=O)c1cccs1. The highest BCUT2D eigenvalue weighted by atomic mass is 32.1. The molecule has 342 valence electrons. The van der Waals surface area contributed by atoms with Crippen molar-refractivity contribution in [3.8, 4) is 11.3 Å². The molecule has 6 N–H and O–H groups in total. The van der Waals surface area contributed by atoms with Gasteiger partial charge in [0.1, 0.15) is 6.20 Å². The number of thiophene rings is 1. The van der Waals surface area contributed by atoms with Gasteiger partial charge in [0.05, 0.1) is 29.9 Å². The highest BCUT2D eigenvalue weighted by Crippen LogP contribution is 2.27. The van der Waals surface area contributed by atoms with Crippen LogP contribution in [0.5, 0.6) is 0 Å². The number of imide groups is 1. The predicted molar refractivity (Wildman–Crippen MR) is 248 cm³/mol. The second-order valence-electron chi connectivity index (χ2n) is 17.0. The van der Waals surface area contributed by atoms with E-state index in [2.05, 4.69) is 21.3 Å². The maximum Gasteiger partial charge on any atom is 0.404 e. The number of nitrogens with two attached hydrogens (primary N) is 1. The zero-order valence-electron chi connectivity index (χ0n) is 37.3. The van der Waals surface area contributed by atoms with Crippen LogP contribution >= 0.6 is 11.3 Å². The molecule has 3 atom stereocenters. The van der Waals surface area contributed by atoms with Gasteiger partial charge >= 0.3 is 11.8 Å². The molecule has 6 rings (SSSR count). The number of ketones is 1. The van der Waals surface area contributed by atoms with Crippen LogP contribution < -0.4 is 31.6 Å². The number of likely N-dealkylation sites (tertiary alicyclic amines) is 1. The first-order chi connectivity index (χ1) is 31.2. The Morgan fingerprint density at radius 3 is 2.45 bits per heavy atom. The average molecular weight is 905 g/mol. The maximum atomic E-state index is 13.8. The number of primary amides is 1. The summed E-state index contributed by atoms with van der Waals surface area (Å²) < 4.78 is 3.95. The fourth-order valence-electron chi connectivity index (χ4n) is 7.85. The highest BCUT2D eigenvalue weighted by molar-refractivity contribution is 7.12. The Hall–Kier alpha value is -6.75. The molecule has 0 radical (unpaired) electrons. The molecule has 1 aliphatic heterocycles. The normalized spacial score (nSPS) is 14.7. The lowest BCUT2D eigenvalue weighted by Crippen LogP contribution is -2.45. The summed E-state index contributed by atoms with van der Waals surface area (Å²) in [5.41, 5.74) is 9.98.